The van der Waals surface area contributed by atoms with E-state index >= 15 is 0 Å². The van der Waals surface area contributed by atoms with E-state index in [2.05, 4.69) is 5.32 Å². The van der Waals surface area contributed by atoms with Gasteiger partial charge < -0.3 is 10.4 Å². The number of halogens is 2. The average molecular weight is 319 g/mol. The van der Waals surface area contributed by atoms with Crippen molar-refractivity contribution < 1.29 is 22.3 Å². The molecule has 1 aliphatic rings. The standard InChI is InChI=1S/C14H19F2NO3S/c15-14(16)21(19,20)12-7-5-11(6-8-12)17-9-10-3-1-2-4-13(10)18/h5-8,10,13-14,17-18H,1-4,9H2. The number of aliphatic hydroxyl groups is 1. The van der Waals surface area contributed by atoms with Crippen LogP contribution in [0.3, 0.4) is 0 Å². The van der Waals surface area contributed by atoms with E-state index in [1.807, 2.05) is 0 Å². The van der Waals surface area contributed by atoms with Crippen molar-refractivity contribution in [1.29, 1.82) is 0 Å². The second-order valence-corrected chi connectivity index (χ2v) is 7.24. The van der Waals surface area contributed by atoms with Crippen molar-refractivity contribution in [2.45, 2.75) is 42.4 Å². The lowest BCUT2D eigenvalue weighted by atomic mass is 9.86. The zero-order valence-electron chi connectivity index (χ0n) is 11.5. The molecule has 0 saturated heterocycles. The summed E-state index contributed by atoms with van der Waals surface area (Å²) in [5, 5.41) is 13.0. The molecule has 118 valence electrons. The summed E-state index contributed by atoms with van der Waals surface area (Å²) >= 11 is 0. The number of nitrogens with one attached hydrogen (secondary N) is 1. The first kappa shape index (κ1) is 16.2. The van der Waals surface area contributed by atoms with Gasteiger partial charge in [-0.1, -0.05) is 12.8 Å². The molecule has 0 radical (unpaired) electrons. The summed E-state index contributed by atoms with van der Waals surface area (Å²) in [5.41, 5.74) is 0.654. The summed E-state index contributed by atoms with van der Waals surface area (Å²) in [5.74, 6) is -3.24. The molecule has 1 fully saturated rings. The molecule has 1 aliphatic carbocycles. The Bertz CT molecular complexity index is 560. The van der Waals surface area contributed by atoms with Gasteiger partial charge in [-0.3, -0.25) is 0 Å². The van der Waals surface area contributed by atoms with E-state index < -0.39 is 15.6 Å². The Hall–Kier alpha value is -1.21. The molecule has 2 rings (SSSR count). The Morgan fingerprint density at radius 1 is 1.19 bits per heavy atom. The minimum Gasteiger partial charge on any atom is -0.393 e. The Morgan fingerprint density at radius 3 is 2.38 bits per heavy atom. The summed E-state index contributed by atoms with van der Waals surface area (Å²) in [6.45, 7) is 0.585. The van der Waals surface area contributed by atoms with Crippen LogP contribution in [0.15, 0.2) is 29.2 Å². The highest BCUT2D eigenvalue weighted by molar-refractivity contribution is 7.91. The van der Waals surface area contributed by atoms with Crippen LogP contribution in [-0.4, -0.2) is 31.9 Å². The van der Waals surface area contributed by atoms with Gasteiger partial charge in [0.1, 0.15) is 0 Å². The third-order valence-corrected chi connectivity index (χ3v) is 5.25. The van der Waals surface area contributed by atoms with E-state index in [0.717, 1.165) is 25.7 Å². The molecule has 1 saturated carbocycles. The zero-order chi connectivity index (χ0) is 15.5. The number of benzene rings is 1. The van der Waals surface area contributed by atoms with E-state index in [9.17, 15) is 22.3 Å². The third kappa shape index (κ3) is 3.91. The van der Waals surface area contributed by atoms with Gasteiger partial charge in [-0.15, -0.1) is 0 Å². The van der Waals surface area contributed by atoms with Crippen LogP contribution in [-0.2, 0) is 9.84 Å². The van der Waals surface area contributed by atoms with E-state index in [4.69, 9.17) is 0 Å². The maximum absolute atomic E-state index is 12.4. The maximum atomic E-state index is 12.4. The zero-order valence-corrected chi connectivity index (χ0v) is 12.3. The maximum Gasteiger partial charge on any atom is 0.341 e. The van der Waals surface area contributed by atoms with Crippen molar-refractivity contribution in [2.24, 2.45) is 5.92 Å². The van der Waals surface area contributed by atoms with Crippen LogP contribution in [0.4, 0.5) is 14.5 Å². The predicted molar refractivity (Wildman–Crippen MR) is 76.1 cm³/mol. The second kappa shape index (κ2) is 6.70. The molecule has 2 N–H and O–H groups in total. The first-order valence-electron chi connectivity index (χ1n) is 6.95. The van der Waals surface area contributed by atoms with Crippen molar-refractivity contribution in [3.05, 3.63) is 24.3 Å². The van der Waals surface area contributed by atoms with Gasteiger partial charge in [0.15, 0.2) is 0 Å². The van der Waals surface area contributed by atoms with Gasteiger partial charge in [-0.05, 0) is 37.1 Å². The summed E-state index contributed by atoms with van der Waals surface area (Å²) in [7, 11) is -4.54. The Balaban J connectivity index is 1.97. The third-order valence-electron chi connectivity index (χ3n) is 3.85. The van der Waals surface area contributed by atoms with Gasteiger partial charge in [0.25, 0.3) is 0 Å². The fraction of sp³-hybridized carbons (Fsp3) is 0.571. The number of hydrogen-bond donors (Lipinski definition) is 2. The summed E-state index contributed by atoms with van der Waals surface area (Å²) in [4.78, 5) is -0.388. The number of rotatable bonds is 5. The van der Waals surface area contributed by atoms with Gasteiger partial charge in [-0.25, -0.2) is 8.42 Å². The molecule has 7 heteroatoms. The predicted octanol–water partition coefficient (Wildman–Crippen LogP) is 2.65. The largest absolute Gasteiger partial charge is 0.393 e. The molecular formula is C14H19F2NO3S. The quantitative estimate of drug-likeness (QED) is 0.875. The summed E-state index contributed by atoms with van der Waals surface area (Å²) in [6, 6.07) is 5.26. The van der Waals surface area contributed by atoms with Crippen LogP contribution < -0.4 is 5.32 Å². The lowest BCUT2D eigenvalue weighted by molar-refractivity contribution is 0.0763. The van der Waals surface area contributed by atoms with Gasteiger partial charge >= 0.3 is 5.76 Å². The monoisotopic (exact) mass is 319 g/mol. The summed E-state index contributed by atoms with van der Waals surface area (Å²) in [6.07, 6.45) is 3.57. The Kier molecular flexibility index (Phi) is 5.16. The highest BCUT2D eigenvalue weighted by Gasteiger charge is 2.26. The van der Waals surface area contributed by atoms with Crippen LogP contribution in [0, 0.1) is 5.92 Å². The highest BCUT2D eigenvalue weighted by atomic mass is 32.2. The number of sulfone groups is 1. The van der Waals surface area contributed by atoms with E-state index in [1.54, 1.807) is 0 Å². The SMILES string of the molecule is O=S(=O)(c1ccc(NCC2CCCCC2O)cc1)C(F)F. The molecule has 21 heavy (non-hydrogen) atoms. The lowest BCUT2D eigenvalue weighted by Crippen LogP contribution is -2.30. The number of anilines is 1. The Labute approximate surface area is 123 Å². The molecule has 1 aromatic rings. The molecule has 1 aromatic carbocycles. The number of aliphatic hydroxyl groups excluding tert-OH is 1. The second-order valence-electron chi connectivity index (χ2n) is 5.32. The van der Waals surface area contributed by atoms with Crippen molar-refractivity contribution >= 4 is 15.5 Å². The van der Waals surface area contributed by atoms with Crippen LogP contribution >= 0.6 is 0 Å². The number of hydrogen-bond acceptors (Lipinski definition) is 4. The van der Waals surface area contributed by atoms with E-state index in [-0.39, 0.29) is 16.9 Å². The minimum absolute atomic E-state index is 0.170. The van der Waals surface area contributed by atoms with Crippen molar-refractivity contribution in [2.75, 3.05) is 11.9 Å². The molecule has 2 unspecified atom stereocenters. The fourth-order valence-corrected chi connectivity index (χ4v) is 3.26. The number of alkyl halides is 2. The van der Waals surface area contributed by atoms with E-state index in [0.29, 0.717) is 12.2 Å². The first-order chi connectivity index (χ1) is 9.91. The van der Waals surface area contributed by atoms with Crippen molar-refractivity contribution in [1.82, 2.24) is 0 Å². The molecule has 0 amide bonds. The van der Waals surface area contributed by atoms with Crippen molar-refractivity contribution in [3.8, 4) is 0 Å². The highest BCUT2D eigenvalue weighted by Crippen LogP contribution is 2.25. The molecule has 0 spiro atoms. The fourth-order valence-electron chi connectivity index (χ4n) is 2.54. The Morgan fingerprint density at radius 2 is 1.81 bits per heavy atom. The van der Waals surface area contributed by atoms with Gasteiger partial charge in [-0.2, -0.15) is 8.78 Å². The normalized spacial score (nSPS) is 23.2. The molecule has 0 bridgehead atoms. The van der Waals surface area contributed by atoms with Crippen LogP contribution in [0.2, 0.25) is 0 Å². The topological polar surface area (TPSA) is 66.4 Å². The molecule has 2 atom stereocenters. The molecule has 0 aromatic heterocycles. The minimum atomic E-state index is -4.54. The molecular weight excluding hydrogens is 300 g/mol. The van der Waals surface area contributed by atoms with Gasteiger partial charge in [0.2, 0.25) is 9.84 Å². The van der Waals surface area contributed by atoms with Crippen LogP contribution in [0.25, 0.3) is 0 Å². The van der Waals surface area contributed by atoms with Gasteiger partial charge in [0.05, 0.1) is 11.0 Å². The van der Waals surface area contributed by atoms with Crippen LogP contribution in [0.1, 0.15) is 25.7 Å². The first-order valence-corrected chi connectivity index (χ1v) is 8.50. The molecule has 0 heterocycles. The molecule has 0 aliphatic heterocycles. The van der Waals surface area contributed by atoms with Crippen molar-refractivity contribution in [3.63, 3.8) is 0 Å². The smallest absolute Gasteiger partial charge is 0.341 e. The molecule has 4 nitrogen and oxygen atoms in total. The van der Waals surface area contributed by atoms with E-state index in [1.165, 1.54) is 24.3 Å². The summed E-state index contributed by atoms with van der Waals surface area (Å²) < 4.78 is 47.4. The lowest BCUT2D eigenvalue weighted by Gasteiger charge is -2.28. The van der Waals surface area contributed by atoms with Crippen LogP contribution in [0.5, 0.6) is 0 Å². The van der Waals surface area contributed by atoms with Gasteiger partial charge in [0, 0.05) is 18.2 Å². The average Bonchev–Trinajstić information content (AvgIpc) is 2.46.